The molecule has 0 radical (unpaired) electrons. The van der Waals surface area contributed by atoms with Crippen molar-refractivity contribution in [1.29, 1.82) is 0 Å². The zero-order valence-corrected chi connectivity index (χ0v) is 11.2. The summed E-state index contributed by atoms with van der Waals surface area (Å²) >= 11 is 6.22. The van der Waals surface area contributed by atoms with Crippen molar-refractivity contribution in [2.24, 2.45) is 0 Å². The van der Waals surface area contributed by atoms with Crippen molar-refractivity contribution < 1.29 is 4.39 Å². The molecule has 0 saturated heterocycles. The van der Waals surface area contributed by atoms with Crippen LogP contribution in [0.4, 0.5) is 4.39 Å². The van der Waals surface area contributed by atoms with Gasteiger partial charge in [0.2, 0.25) is 0 Å². The van der Waals surface area contributed by atoms with Gasteiger partial charge in [-0.25, -0.2) is 14.4 Å². The fourth-order valence-corrected chi connectivity index (χ4v) is 2.35. The van der Waals surface area contributed by atoms with Gasteiger partial charge in [-0.05, 0) is 43.7 Å². The van der Waals surface area contributed by atoms with Gasteiger partial charge in [0, 0.05) is 11.3 Å². The first-order valence-corrected chi connectivity index (χ1v) is 6.22. The summed E-state index contributed by atoms with van der Waals surface area (Å²) in [4.78, 5) is 11.9. The summed E-state index contributed by atoms with van der Waals surface area (Å²) < 4.78 is 12.9. The monoisotopic (exact) mass is 275 g/mol. The number of aromatic amines is 1. The maximum absolute atomic E-state index is 12.9. The van der Waals surface area contributed by atoms with Crippen molar-refractivity contribution in [2.45, 2.75) is 13.8 Å². The van der Waals surface area contributed by atoms with Crippen LogP contribution < -0.4 is 0 Å². The predicted octanol–water partition coefficient (Wildman–Crippen LogP) is 4.03. The molecule has 0 saturated carbocycles. The average Bonchev–Trinajstić information content (AvgIpc) is 2.66. The van der Waals surface area contributed by atoms with Crippen molar-refractivity contribution in [1.82, 2.24) is 15.0 Å². The Morgan fingerprint density at radius 1 is 1.11 bits per heavy atom. The van der Waals surface area contributed by atoms with Gasteiger partial charge in [0.05, 0.1) is 5.39 Å². The topological polar surface area (TPSA) is 41.6 Å². The lowest BCUT2D eigenvalue weighted by atomic mass is 10.2. The van der Waals surface area contributed by atoms with E-state index in [2.05, 4.69) is 15.0 Å². The maximum Gasteiger partial charge on any atom is 0.163 e. The molecule has 1 aromatic carbocycles. The first-order chi connectivity index (χ1) is 9.06. The smallest absolute Gasteiger partial charge is 0.163 e. The Labute approximate surface area is 114 Å². The molecule has 0 amide bonds. The van der Waals surface area contributed by atoms with Crippen LogP contribution in [-0.4, -0.2) is 15.0 Å². The van der Waals surface area contributed by atoms with Crippen LogP contribution in [0, 0.1) is 19.7 Å². The van der Waals surface area contributed by atoms with E-state index in [1.54, 1.807) is 12.1 Å². The molecule has 2 aromatic heterocycles. The summed E-state index contributed by atoms with van der Waals surface area (Å²) in [5, 5.41) is 1.25. The molecule has 0 unspecified atom stereocenters. The van der Waals surface area contributed by atoms with E-state index in [0.29, 0.717) is 16.6 Å². The minimum Gasteiger partial charge on any atom is -0.343 e. The quantitative estimate of drug-likeness (QED) is 0.681. The van der Waals surface area contributed by atoms with Crippen molar-refractivity contribution in [3.05, 3.63) is 46.5 Å². The van der Waals surface area contributed by atoms with Crippen LogP contribution in [0.1, 0.15) is 11.3 Å². The van der Waals surface area contributed by atoms with Gasteiger partial charge >= 0.3 is 0 Å². The molecule has 3 aromatic rings. The number of nitrogens with zero attached hydrogens (tertiary/aromatic N) is 2. The third-order valence-corrected chi connectivity index (χ3v) is 3.48. The predicted molar refractivity (Wildman–Crippen MR) is 73.8 cm³/mol. The molecule has 2 heterocycles. The number of hydrogen-bond acceptors (Lipinski definition) is 2. The lowest BCUT2D eigenvalue weighted by molar-refractivity contribution is 0.628. The van der Waals surface area contributed by atoms with Crippen molar-refractivity contribution in [3.63, 3.8) is 0 Å². The van der Waals surface area contributed by atoms with E-state index in [1.165, 1.54) is 12.1 Å². The number of benzene rings is 1. The second kappa shape index (κ2) is 4.31. The summed E-state index contributed by atoms with van der Waals surface area (Å²) in [5.41, 5.74) is 3.50. The van der Waals surface area contributed by atoms with E-state index >= 15 is 0 Å². The molecule has 0 aliphatic heterocycles. The Morgan fingerprint density at radius 3 is 2.47 bits per heavy atom. The summed E-state index contributed by atoms with van der Waals surface area (Å²) in [5.74, 6) is 0.196. The Kier molecular flexibility index (Phi) is 2.75. The van der Waals surface area contributed by atoms with Gasteiger partial charge in [-0.15, -0.1) is 0 Å². The molecular formula is C14H11ClFN3. The second-order valence-corrected chi connectivity index (χ2v) is 4.80. The highest BCUT2D eigenvalue weighted by atomic mass is 35.5. The third-order valence-electron chi connectivity index (χ3n) is 3.21. The van der Waals surface area contributed by atoms with Gasteiger partial charge in [-0.2, -0.15) is 0 Å². The molecule has 96 valence electrons. The van der Waals surface area contributed by atoms with E-state index < -0.39 is 0 Å². The zero-order chi connectivity index (χ0) is 13.6. The van der Waals surface area contributed by atoms with E-state index in [9.17, 15) is 4.39 Å². The van der Waals surface area contributed by atoms with Crippen LogP contribution in [0.15, 0.2) is 24.3 Å². The fourth-order valence-electron chi connectivity index (χ4n) is 2.04. The first-order valence-electron chi connectivity index (χ1n) is 5.84. The van der Waals surface area contributed by atoms with Gasteiger partial charge in [-0.3, -0.25) is 0 Å². The van der Waals surface area contributed by atoms with Gasteiger partial charge in [0.1, 0.15) is 16.6 Å². The van der Waals surface area contributed by atoms with Crippen LogP contribution >= 0.6 is 11.6 Å². The van der Waals surface area contributed by atoms with Crippen LogP contribution in [0.2, 0.25) is 5.15 Å². The second-order valence-electron chi connectivity index (χ2n) is 4.44. The highest BCUT2D eigenvalue weighted by molar-refractivity contribution is 6.34. The average molecular weight is 276 g/mol. The summed E-state index contributed by atoms with van der Waals surface area (Å²) in [6, 6.07) is 6.02. The van der Waals surface area contributed by atoms with Crippen molar-refractivity contribution >= 4 is 22.6 Å². The first kappa shape index (κ1) is 12.1. The summed E-state index contributed by atoms with van der Waals surface area (Å²) in [6.07, 6.45) is 0. The van der Waals surface area contributed by atoms with Crippen LogP contribution in [-0.2, 0) is 0 Å². The van der Waals surface area contributed by atoms with Crippen molar-refractivity contribution in [3.8, 4) is 11.4 Å². The number of aromatic nitrogens is 3. The molecule has 19 heavy (non-hydrogen) atoms. The molecule has 0 atom stereocenters. The molecule has 5 heteroatoms. The highest BCUT2D eigenvalue weighted by Gasteiger charge is 2.13. The Bertz CT molecular complexity index is 762. The standard InChI is InChI=1S/C14H11ClFN3/c1-7-8(2)17-14-11(7)12(15)18-13(19-14)9-3-5-10(16)6-4-9/h3-6H,1-2H3,(H,17,18,19). The van der Waals surface area contributed by atoms with Crippen molar-refractivity contribution in [2.75, 3.05) is 0 Å². The normalized spacial score (nSPS) is 11.2. The van der Waals surface area contributed by atoms with E-state index in [1.807, 2.05) is 13.8 Å². The number of nitrogens with one attached hydrogen (secondary N) is 1. The number of rotatable bonds is 1. The largest absolute Gasteiger partial charge is 0.343 e. The number of H-pyrrole nitrogens is 1. The SMILES string of the molecule is Cc1[nH]c2nc(-c3ccc(F)cc3)nc(Cl)c2c1C. The molecule has 0 spiro atoms. The van der Waals surface area contributed by atoms with Crippen LogP contribution in [0.3, 0.4) is 0 Å². The van der Waals surface area contributed by atoms with E-state index in [-0.39, 0.29) is 5.82 Å². The Hall–Kier alpha value is -1.94. The molecule has 0 aliphatic rings. The minimum absolute atomic E-state index is 0.289. The maximum atomic E-state index is 12.9. The van der Waals surface area contributed by atoms with Gasteiger partial charge in [-0.1, -0.05) is 11.6 Å². The summed E-state index contributed by atoms with van der Waals surface area (Å²) in [7, 11) is 0. The third kappa shape index (κ3) is 1.98. The fraction of sp³-hybridized carbons (Fsp3) is 0.143. The van der Waals surface area contributed by atoms with E-state index in [4.69, 9.17) is 11.6 Å². The molecule has 0 aliphatic carbocycles. The van der Waals surface area contributed by atoms with Gasteiger partial charge in [0.15, 0.2) is 5.82 Å². The molecule has 0 fully saturated rings. The molecule has 1 N–H and O–H groups in total. The van der Waals surface area contributed by atoms with Crippen LogP contribution in [0.25, 0.3) is 22.4 Å². The van der Waals surface area contributed by atoms with Gasteiger partial charge in [0.25, 0.3) is 0 Å². The Morgan fingerprint density at radius 2 is 1.79 bits per heavy atom. The Balaban J connectivity index is 2.23. The molecule has 3 rings (SSSR count). The van der Waals surface area contributed by atoms with Crippen LogP contribution in [0.5, 0.6) is 0 Å². The lowest BCUT2D eigenvalue weighted by Gasteiger charge is -2.02. The summed E-state index contributed by atoms with van der Waals surface area (Å²) in [6.45, 7) is 3.94. The van der Waals surface area contributed by atoms with Gasteiger partial charge < -0.3 is 4.98 Å². The molecule has 0 bridgehead atoms. The zero-order valence-electron chi connectivity index (χ0n) is 10.5. The number of hydrogen-bond donors (Lipinski definition) is 1. The number of halogens is 2. The lowest BCUT2D eigenvalue weighted by Crippen LogP contribution is -1.91. The molecule has 3 nitrogen and oxygen atoms in total. The number of fused-ring (bicyclic) bond motifs is 1. The minimum atomic E-state index is -0.289. The number of aryl methyl sites for hydroxylation is 2. The van der Waals surface area contributed by atoms with E-state index in [0.717, 1.165) is 22.2 Å². The highest BCUT2D eigenvalue weighted by Crippen LogP contribution is 2.28. The molecular weight excluding hydrogens is 265 g/mol.